The van der Waals surface area contributed by atoms with Crippen molar-refractivity contribution < 1.29 is 26.2 Å². The molecule has 0 amide bonds. The van der Waals surface area contributed by atoms with Crippen molar-refractivity contribution in [3.63, 3.8) is 0 Å². The maximum absolute atomic E-state index is 3.40. The first-order chi connectivity index (χ1) is 5.38. The van der Waals surface area contributed by atoms with Crippen LogP contribution in [0.4, 0.5) is 0 Å². The van der Waals surface area contributed by atoms with E-state index in [1.807, 2.05) is 0 Å². The van der Waals surface area contributed by atoms with E-state index in [2.05, 4.69) is 32.1 Å². The normalized spacial score (nSPS) is 14.6. The molecule has 1 rings (SSSR count). The molecule has 0 saturated heterocycles. The second-order valence-corrected chi connectivity index (χ2v) is 3.13. The fourth-order valence-corrected chi connectivity index (χ4v) is 1.63. The van der Waals surface area contributed by atoms with Gasteiger partial charge in [0, 0.05) is 26.2 Å². The molecule has 0 heterocycles. The molecule has 0 nitrogen and oxygen atoms in total. The fraction of sp³-hybridized carbons (Fsp3) is 0.636. The summed E-state index contributed by atoms with van der Waals surface area (Å²) in [6.45, 7) is 4.52. The van der Waals surface area contributed by atoms with Gasteiger partial charge in [0.05, 0.1) is 0 Å². The zero-order valence-corrected chi connectivity index (χ0v) is 13.0. The van der Waals surface area contributed by atoms with Gasteiger partial charge in [0.15, 0.2) is 0 Å². The quantitative estimate of drug-likeness (QED) is 0.677. The van der Waals surface area contributed by atoms with Gasteiger partial charge in [-0.05, 0) is 6.42 Å². The molecule has 14 heavy (non-hydrogen) atoms. The average Bonchev–Trinajstić information content (AvgIpc) is 2.52. The summed E-state index contributed by atoms with van der Waals surface area (Å²) in [7, 11) is 0. The van der Waals surface area contributed by atoms with Gasteiger partial charge in [-0.25, -0.2) is 11.6 Å². The van der Waals surface area contributed by atoms with E-state index in [4.69, 9.17) is 0 Å². The van der Waals surface area contributed by atoms with Crippen molar-refractivity contribution in [1.82, 2.24) is 0 Å². The van der Waals surface area contributed by atoms with Gasteiger partial charge in [-0.1, -0.05) is 32.6 Å². The smallest absolute Gasteiger partial charge is 0 e. The van der Waals surface area contributed by atoms with Crippen LogP contribution in [0.3, 0.4) is 0 Å². The summed E-state index contributed by atoms with van der Waals surface area (Å²) in [4.78, 5) is 0. The van der Waals surface area contributed by atoms with Crippen LogP contribution in [0, 0.1) is 12.0 Å². The Labute approximate surface area is 120 Å². The Hall–Kier alpha value is 0.943. The van der Waals surface area contributed by atoms with Crippen LogP contribution in [0.25, 0.3) is 0 Å². The molecule has 0 aromatic rings. The molecule has 82 valence electrons. The summed E-state index contributed by atoms with van der Waals surface area (Å²) in [5.41, 5.74) is 1.45. The minimum absolute atomic E-state index is 0. The van der Waals surface area contributed by atoms with Gasteiger partial charge < -0.3 is 0 Å². The Morgan fingerprint density at radius 2 is 2.00 bits per heavy atom. The van der Waals surface area contributed by atoms with Crippen molar-refractivity contribution in [3.8, 4) is 0 Å². The molecule has 0 N–H and O–H groups in total. The number of rotatable bonds is 4. The third-order valence-corrected chi connectivity index (χ3v) is 2.29. The molecule has 0 aliphatic heterocycles. The fourth-order valence-electron chi connectivity index (χ4n) is 1.63. The maximum Gasteiger partial charge on any atom is 0 e. The van der Waals surface area contributed by atoms with E-state index >= 15 is 0 Å². The van der Waals surface area contributed by atoms with Crippen LogP contribution in [0.15, 0.2) is 17.7 Å². The van der Waals surface area contributed by atoms with Crippen molar-refractivity contribution in [2.75, 3.05) is 0 Å². The standard InChI is InChI=1S/C11H17.2ClH.Zr/c1-3-7-10(4-2)11-8-5-6-9-11;;;/h5,8,10H,3-4,6-7H2,1-2H3;2*1H;/q-1;;;. The predicted molar refractivity (Wildman–Crippen MR) is 63.7 cm³/mol. The summed E-state index contributed by atoms with van der Waals surface area (Å²) >= 11 is 0. The van der Waals surface area contributed by atoms with Crippen LogP contribution in [0.5, 0.6) is 0 Å². The zero-order chi connectivity index (χ0) is 8.10. The molecule has 0 aromatic heterocycles. The molecule has 3 heteroatoms. The minimum Gasteiger partial charge on any atom is -0.269 e. The molecule has 0 radical (unpaired) electrons. The number of hydrogen-bond acceptors (Lipinski definition) is 0. The summed E-state index contributed by atoms with van der Waals surface area (Å²) in [5, 5.41) is 0. The van der Waals surface area contributed by atoms with E-state index in [9.17, 15) is 0 Å². The summed E-state index contributed by atoms with van der Waals surface area (Å²) in [5.74, 6) is 0.777. The molecule has 0 saturated carbocycles. The van der Waals surface area contributed by atoms with E-state index in [0.717, 1.165) is 12.3 Å². The number of halogens is 2. The molecule has 0 aromatic carbocycles. The second kappa shape index (κ2) is 12.0. The van der Waals surface area contributed by atoms with E-state index in [-0.39, 0.29) is 51.0 Å². The van der Waals surface area contributed by atoms with Crippen LogP contribution in [0.2, 0.25) is 0 Å². The van der Waals surface area contributed by atoms with Crippen LogP contribution in [-0.2, 0) is 26.2 Å². The van der Waals surface area contributed by atoms with Crippen LogP contribution in [0.1, 0.15) is 39.5 Å². The predicted octanol–water partition coefficient (Wildman–Crippen LogP) is 4.34. The van der Waals surface area contributed by atoms with E-state index in [1.165, 1.54) is 24.8 Å². The van der Waals surface area contributed by atoms with Crippen molar-refractivity contribution in [1.29, 1.82) is 0 Å². The Bertz CT molecular complexity index is 176. The molecule has 1 aliphatic rings. The minimum atomic E-state index is 0. The Morgan fingerprint density at radius 3 is 2.36 bits per heavy atom. The van der Waals surface area contributed by atoms with Crippen LogP contribution in [-0.4, -0.2) is 0 Å². The zero-order valence-electron chi connectivity index (χ0n) is 8.88. The number of hydrogen-bond donors (Lipinski definition) is 0. The molecular weight excluding hydrogens is 294 g/mol. The first-order valence-corrected chi connectivity index (χ1v) is 4.65. The van der Waals surface area contributed by atoms with E-state index < -0.39 is 0 Å². The Kier molecular flexibility index (Phi) is 17.5. The summed E-state index contributed by atoms with van der Waals surface area (Å²) in [6, 6.07) is 0. The van der Waals surface area contributed by atoms with E-state index in [1.54, 1.807) is 0 Å². The Balaban J connectivity index is -0.000000403. The van der Waals surface area contributed by atoms with E-state index in [0.29, 0.717) is 0 Å². The molecule has 1 unspecified atom stereocenters. The van der Waals surface area contributed by atoms with Crippen molar-refractivity contribution in [3.05, 3.63) is 23.8 Å². The van der Waals surface area contributed by atoms with Gasteiger partial charge in [0.2, 0.25) is 0 Å². The topological polar surface area (TPSA) is 0 Å². The van der Waals surface area contributed by atoms with Gasteiger partial charge in [0.1, 0.15) is 0 Å². The molecule has 0 fully saturated rings. The monoisotopic (exact) mass is 311 g/mol. The van der Waals surface area contributed by atoms with Crippen molar-refractivity contribution >= 4 is 24.8 Å². The van der Waals surface area contributed by atoms with Crippen LogP contribution < -0.4 is 0 Å². The third kappa shape index (κ3) is 6.43. The Morgan fingerprint density at radius 1 is 1.36 bits per heavy atom. The number of allylic oxidation sites excluding steroid dienone is 4. The molecule has 1 aliphatic carbocycles. The molecular formula is C11H19Cl2Zr-. The summed E-state index contributed by atoms with van der Waals surface area (Å²) < 4.78 is 0. The van der Waals surface area contributed by atoms with Crippen molar-refractivity contribution in [2.45, 2.75) is 39.5 Å². The molecule has 0 bridgehead atoms. The maximum atomic E-state index is 3.40. The average molecular weight is 313 g/mol. The van der Waals surface area contributed by atoms with Gasteiger partial charge in [-0.2, -0.15) is 6.08 Å². The van der Waals surface area contributed by atoms with Gasteiger partial charge >= 0.3 is 0 Å². The first kappa shape index (κ1) is 20.4. The second-order valence-electron chi connectivity index (χ2n) is 3.13. The van der Waals surface area contributed by atoms with Gasteiger partial charge in [0.25, 0.3) is 0 Å². The third-order valence-electron chi connectivity index (χ3n) is 2.29. The first-order valence-electron chi connectivity index (χ1n) is 4.65. The van der Waals surface area contributed by atoms with Gasteiger partial charge in [-0.15, -0.1) is 31.2 Å². The van der Waals surface area contributed by atoms with Crippen molar-refractivity contribution in [2.24, 2.45) is 5.92 Å². The SMILES string of the molecule is CCCC(CC)C1=[C-]CC=C1.Cl.Cl.[Zr]. The molecule has 1 atom stereocenters. The summed E-state index contributed by atoms with van der Waals surface area (Å²) in [6.07, 6.45) is 12.8. The molecule has 0 spiro atoms. The van der Waals surface area contributed by atoms with Crippen LogP contribution >= 0.6 is 24.8 Å². The largest absolute Gasteiger partial charge is 0.269 e. The van der Waals surface area contributed by atoms with Gasteiger partial charge in [-0.3, -0.25) is 6.08 Å².